The fraction of sp³-hybridized carbons (Fsp3) is 0.0952. The number of methoxy groups -OCH3 is 1. The number of aromatic nitrogens is 1. The van der Waals surface area contributed by atoms with Crippen LogP contribution in [0.5, 0.6) is 5.75 Å². The number of thiophene rings is 1. The number of nitrogens with one attached hydrogen (secondary N) is 1. The highest BCUT2D eigenvalue weighted by atomic mass is 35.5. The van der Waals surface area contributed by atoms with Crippen LogP contribution in [0, 0.1) is 6.92 Å². The van der Waals surface area contributed by atoms with E-state index in [0.29, 0.717) is 26.4 Å². The van der Waals surface area contributed by atoms with Crippen LogP contribution < -0.4 is 10.2 Å². The molecule has 0 aliphatic rings. The lowest BCUT2D eigenvalue weighted by atomic mass is 10.1. The van der Waals surface area contributed by atoms with Crippen molar-refractivity contribution in [2.24, 2.45) is 5.10 Å². The Morgan fingerprint density at radius 1 is 1.21 bits per heavy atom. The summed E-state index contributed by atoms with van der Waals surface area (Å²) in [7, 11) is 1.59. The number of ether oxygens (including phenoxy) is 1. The Balaban J connectivity index is 1.56. The number of nitrogens with zero attached hydrogens (tertiary/aromatic N) is 2. The second-order valence-electron chi connectivity index (χ2n) is 6.37. The summed E-state index contributed by atoms with van der Waals surface area (Å²) in [6.45, 7) is 2.00. The molecule has 0 aliphatic carbocycles. The van der Waals surface area contributed by atoms with Crippen molar-refractivity contribution in [2.45, 2.75) is 6.92 Å². The van der Waals surface area contributed by atoms with Crippen LogP contribution >= 0.6 is 34.5 Å². The SMILES string of the molecule is COc1ccc2c(Cl)c(C(=O)N/N=C/c3cc4ccc(C)cc4nc3Cl)sc2c1. The molecule has 1 amide bonds. The number of hydrazone groups is 1. The maximum absolute atomic E-state index is 12.5. The van der Waals surface area contributed by atoms with E-state index in [1.165, 1.54) is 17.6 Å². The quantitative estimate of drug-likeness (QED) is 0.245. The lowest BCUT2D eigenvalue weighted by Gasteiger charge is -2.03. The molecule has 2 aromatic heterocycles. The first-order chi connectivity index (χ1) is 14.0. The fourth-order valence-corrected chi connectivity index (χ4v) is 4.52. The summed E-state index contributed by atoms with van der Waals surface area (Å²) >= 11 is 13.9. The van der Waals surface area contributed by atoms with E-state index >= 15 is 0 Å². The third-order valence-electron chi connectivity index (χ3n) is 4.37. The molecule has 0 radical (unpaired) electrons. The minimum absolute atomic E-state index is 0.313. The van der Waals surface area contributed by atoms with Gasteiger partial charge in [-0.2, -0.15) is 5.10 Å². The highest BCUT2D eigenvalue weighted by Crippen LogP contribution is 2.37. The van der Waals surface area contributed by atoms with Gasteiger partial charge in [-0.3, -0.25) is 4.79 Å². The van der Waals surface area contributed by atoms with Crippen molar-refractivity contribution in [1.29, 1.82) is 0 Å². The van der Waals surface area contributed by atoms with Crippen molar-refractivity contribution >= 4 is 67.6 Å². The summed E-state index contributed by atoms with van der Waals surface area (Å²) in [5, 5.41) is 6.46. The highest BCUT2D eigenvalue weighted by molar-refractivity contribution is 7.21. The number of carbonyl (C=O) groups is 1. The average Bonchev–Trinajstić information content (AvgIpc) is 3.04. The van der Waals surface area contributed by atoms with E-state index in [4.69, 9.17) is 27.9 Å². The van der Waals surface area contributed by atoms with Gasteiger partial charge in [-0.05, 0) is 42.8 Å². The number of halogens is 2. The van der Waals surface area contributed by atoms with Crippen molar-refractivity contribution in [2.75, 3.05) is 7.11 Å². The normalized spacial score (nSPS) is 11.4. The Kier molecular flexibility index (Phi) is 5.41. The maximum atomic E-state index is 12.5. The first-order valence-corrected chi connectivity index (χ1v) is 10.2. The van der Waals surface area contributed by atoms with E-state index in [-0.39, 0.29) is 0 Å². The number of hydrogen-bond acceptors (Lipinski definition) is 5. The Hall–Kier alpha value is -2.67. The molecule has 4 aromatic rings. The van der Waals surface area contributed by atoms with Crippen LogP contribution in [0.25, 0.3) is 21.0 Å². The van der Waals surface area contributed by atoms with E-state index in [9.17, 15) is 4.79 Å². The molecule has 146 valence electrons. The van der Waals surface area contributed by atoms with Gasteiger partial charge >= 0.3 is 0 Å². The lowest BCUT2D eigenvalue weighted by Crippen LogP contribution is -2.16. The lowest BCUT2D eigenvalue weighted by molar-refractivity contribution is 0.0959. The molecule has 0 saturated heterocycles. The molecule has 0 fully saturated rings. The van der Waals surface area contributed by atoms with Crippen LogP contribution in [0.15, 0.2) is 47.6 Å². The highest BCUT2D eigenvalue weighted by Gasteiger charge is 2.17. The number of carbonyl (C=O) groups excluding carboxylic acids is 1. The molecule has 0 unspecified atom stereocenters. The molecule has 4 rings (SSSR count). The summed E-state index contributed by atoms with van der Waals surface area (Å²) in [5.74, 6) is 0.306. The summed E-state index contributed by atoms with van der Waals surface area (Å²) < 4.78 is 6.08. The van der Waals surface area contributed by atoms with Crippen LogP contribution in [-0.4, -0.2) is 24.2 Å². The summed E-state index contributed by atoms with van der Waals surface area (Å²) in [4.78, 5) is 17.3. The molecule has 0 aliphatic heterocycles. The zero-order chi connectivity index (χ0) is 20.5. The van der Waals surface area contributed by atoms with Gasteiger partial charge in [0.25, 0.3) is 5.91 Å². The van der Waals surface area contributed by atoms with Gasteiger partial charge < -0.3 is 4.74 Å². The molecule has 5 nitrogen and oxygen atoms in total. The van der Waals surface area contributed by atoms with Gasteiger partial charge in [0.2, 0.25) is 0 Å². The van der Waals surface area contributed by atoms with Gasteiger partial charge in [-0.25, -0.2) is 10.4 Å². The van der Waals surface area contributed by atoms with Crippen molar-refractivity contribution in [3.05, 3.63) is 68.6 Å². The van der Waals surface area contributed by atoms with Crippen molar-refractivity contribution in [3.8, 4) is 5.75 Å². The third kappa shape index (κ3) is 3.92. The van der Waals surface area contributed by atoms with Gasteiger partial charge in [0.05, 0.1) is 23.9 Å². The van der Waals surface area contributed by atoms with Crippen LogP contribution in [0.4, 0.5) is 0 Å². The number of benzene rings is 2. The van der Waals surface area contributed by atoms with Crippen LogP contribution in [0.1, 0.15) is 20.8 Å². The number of hydrogen-bond donors (Lipinski definition) is 1. The Morgan fingerprint density at radius 2 is 2.03 bits per heavy atom. The molecule has 1 N–H and O–H groups in total. The minimum atomic E-state index is -0.396. The smallest absolute Gasteiger partial charge is 0.283 e. The third-order valence-corrected chi connectivity index (χ3v) is 6.33. The summed E-state index contributed by atoms with van der Waals surface area (Å²) in [5.41, 5.74) is 5.02. The molecule has 0 bridgehead atoms. The molecular weight excluding hydrogens is 429 g/mol. The topological polar surface area (TPSA) is 63.6 Å². The Bertz CT molecular complexity index is 1280. The van der Waals surface area contributed by atoms with Gasteiger partial charge in [-0.15, -0.1) is 11.3 Å². The first-order valence-electron chi connectivity index (χ1n) is 8.62. The summed E-state index contributed by atoms with van der Waals surface area (Å²) in [6.07, 6.45) is 1.47. The zero-order valence-electron chi connectivity index (χ0n) is 15.5. The maximum Gasteiger partial charge on any atom is 0.283 e. The van der Waals surface area contributed by atoms with Gasteiger partial charge in [-0.1, -0.05) is 35.3 Å². The predicted octanol–water partition coefficient (Wildman–Crippen LogP) is 5.84. The second-order valence-corrected chi connectivity index (χ2v) is 8.16. The second kappa shape index (κ2) is 7.99. The molecule has 2 heterocycles. The predicted molar refractivity (Wildman–Crippen MR) is 120 cm³/mol. The molecule has 2 aromatic carbocycles. The number of fused-ring (bicyclic) bond motifs is 2. The van der Waals surface area contributed by atoms with Crippen LogP contribution in [-0.2, 0) is 0 Å². The van der Waals surface area contributed by atoms with Gasteiger partial charge in [0.1, 0.15) is 15.8 Å². The average molecular weight is 444 g/mol. The number of aryl methyl sites for hydroxylation is 1. The molecule has 8 heteroatoms. The van der Waals surface area contributed by atoms with Crippen LogP contribution in [0.3, 0.4) is 0 Å². The Labute approximate surface area is 180 Å². The monoisotopic (exact) mass is 443 g/mol. The van der Waals surface area contributed by atoms with Crippen molar-refractivity contribution in [1.82, 2.24) is 10.4 Å². The van der Waals surface area contributed by atoms with Gasteiger partial charge in [0.15, 0.2) is 0 Å². The largest absolute Gasteiger partial charge is 0.497 e. The molecule has 29 heavy (non-hydrogen) atoms. The zero-order valence-corrected chi connectivity index (χ0v) is 17.8. The van der Waals surface area contributed by atoms with Crippen molar-refractivity contribution in [3.63, 3.8) is 0 Å². The van der Waals surface area contributed by atoms with E-state index in [1.807, 2.05) is 43.3 Å². The van der Waals surface area contributed by atoms with E-state index in [0.717, 1.165) is 26.6 Å². The van der Waals surface area contributed by atoms with Crippen LogP contribution in [0.2, 0.25) is 10.2 Å². The minimum Gasteiger partial charge on any atom is -0.497 e. The molecule has 0 saturated carbocycles. The van der Waals surface area contributed by atoms with Gasteiger partial charge in [0, 0.05) is 21.0 Å². The van der Waals surface area contributed by atoms with E-state index in [1.54, 1.807) is 13.2 Å². The molecular formula is C21H15Cl2N3O2S. The van der Waals surface area contributed by atoms with E-state index < -0.39 is 5.91 Å². The number of pyridine rings is 1. The van der Waals surface area contributed by atoms with Crippen molar-refractivity contribution < 1.29 is 9.53 Å². The Morgan fingerprint density at radius 3 is 2.83 bits per heavy atom. The summed E-state index contributed by atoms with van der Waals surface area (Å²) in [6, 6.07) is 13.3. The molecule has 0 spiro atoms. The number of rotatable bonds is 4. The van der Waals surface area contributed by atoms with E-state index in [2.05, 4.69) is 15.5 Å². The first kappa shape index (κ1) is 19.6. The number of amides is 1. The molecule has 0 atom stereocenters. The fourth-order valence-electron chi connectivity index (χ4n) is 2.89. The standard InChI is InChI=1S/C21H15Cl2N3O2S/c1-11-3-4-12-8-13(20(23)25-16(12)7-11)10-24-26-21(27)19-18(22)15-6-5-14(28-2)9-17(15)29-19/h3-10H,1-2H3,(H,26,27)/b24-10+.